The van der Waals surface area contributed by atoms with Crippen LogP contribution in [0.1, 0.15) is 11.4 Å². The first-order valence-corrected chi connectivity index (χ1v) is 5.36. The molecule has 0 aliphatic carbocycles. The molecule has 2 heterocycles. The van der Waals surface area contributed by atoms with E-state index in [-0.39, 0.29) is 24.7 Å². The first-order valence-electron chi connectivity index (χ1n) is 5.36. The molecule has 7 nitrogen and oxygen atoms in total. The minimum Gasteiger partial charge on any atom is -0.508 e. The number of hydrogen-bond acceptors (Lipinski definition) is 5. The first kappa shape index (κ1) is 10.7. The van der Waals surface area contributed by atoms with E-state index in [0.717, 1.165) is 0 Å². The normalized spacial score (nSPS) is 13.5. The standard InChI is InChI=1S/C11H10N4O3/c16-5-8-10-4-11(18)12-7-2-1-6(17)3-9(7)15(10)14-13-8/h1-3,16-17H,4-5H2,(H,12,18). The molecule has 1 amide bonds. The summed E-state index contributed by atoms with van der Waals surface area (Å²) in [6.07, 6.45) is 0.0817. The van der Waals surface area contributed by atoms with E-state index >= 15 is 0 Å². The molecule has 0 radical (unpaired) electrons. The summed E-state index contributed by atoms with van der Waals surface area (Å²) in [5.74, 6) is -0.144. The Hall–Kier alpha value is -2.41. The van der Waals surface area contributed by atoms with Gasteiger partial charge in [0, 0.05) is 6.07 Å². The van der Waals surface area contributed by atoms with Crippen LogP contribution in [0.15, 0.2) is 18.2 Å². The second-order valence-electron chi connectivity index (χ2n) is 3.98. The van der Waals surface area contributed by atoms with Gasteiger partial charge in [0.2, 0.25) is 5.91 Å². The van der Waals surface area contributed by atoms with Crippen molar-refractivity contribution >= 4 is 11.6 Å². The van der Waals surface area contributed by atoms with E-state index < -0.39 is 0 Å². The summed E-state index contributed by atoms with van der Waals surface area (Å²) in [6.45, 7) is -0.281. The number of carbonyl (C=O) groups excluding carboxylic acids is 1. The van der Waals surface area contributed by atoms with Crippen LogP contribution < -0.4 is 5.32 Å². The molecule has 0 bridgehead atoms. The van der Waals surface area contributed by atoms with Crippen LogP contribution in [0.5, 0.6) is 5.75 Å². The number of aliphatic hydroxyl groups excluding tert-OH is 1. The van der Waals surface area contributed by atoms with Gasteiger partial charge in [-0.3, -0.25) is 4.79 Å². The maximum atomic E-state index is 11.7. The molecule has 0 unspecified atom stereocenters. The van der Waals surface area contributed by atoms with Crippen LogP contribution in [0.2, 0.25) is 0 Å². The Kier molecular flexibility index (Phi) is 2.27. The molecule has 1 aromatic carbocycles. The van der Waals surface area contributed by atoms with Gasteiger partial charge in [-0.25, -0.2) is 4.68 Å². The molecule has 1 aromatic heterocycles. The lowest BCUT2D eigenvalue weighted by molar-refractivity contribution is -0.115. The predicted octanol–water partition coefficient (Wildman–Crippen LogP) is -0.0402. The number of benzene rings is 1. The van der Waals surface area contributed by atoms with Gasteiger partial charge in [0.1, 0.15) is 11.4 Å². The number of carbonyl (C=O) groups is 1. The van der Waals surface area contributed by atoms with Crippen molar-refractivity contribution in [2.24, 2.45) is 0 Å². The maximum Gasteiger partial charge on any atom is 0.230 e. The molecule has 0 atom stereocenters. The van der Waals surface area contributed by atoms with Crippen LogP contribution in [0.3, 0.4) is 0 Å². The Bertz CT molecular complexity index is 635. The number of anilines is 1. The van der Waals surface area contributed by atoms with E-state index in [9.17, 15) is 9.90 Å². The van der Waals surface area contributed by atoms with E-state index in [0.29, 0.717) is 22.8 Å². The zero-order chi connectivity index (χ0) is 12.7. The van der Waals surface area contributed by atoms with E-state index in [1.807, 2.05) is 0 Å². The smallest absolute Gasteiger partial charge is 0.230 e. The second-order valence-corrected chi connectivity index (χ2v) is 3.98. The lowest BCUT2D eigenvalue weighted by atomic mass is 10.2. The molecule has 1 aliphatic heterocycles. The number of fused-ring (bicyclic) bond motifs is 3. The topological polar surface area (TPSA) is 100 Å². The fourth-order valence-electron chi connectivity index (χ4n) is 1.97. The van der Waals surface area contributed by atoms with Gasteiger partial charge < -0.3 is 15.5 Å². The molecule has 3 N–H and O–H groups in total. The van der Waals surface area contributed by atoms with Crippen molar-refractivity contribution in [2.45, 2.75) is 13.0 Å². The predicted molar refractivity (Wildman–Crippen MR) is 61.3 cm³/mol. The third-order valence-electron chi connectivity index (χ3n) is 2.81. The van der Waals surface area contributed by atoms with Crippen LogP contribution in [0.25, 0.3) is 5.69 Å². The highest BCUT2D eigenvalue weighted by atomic mass is 16.3. The number of aliphatic hydroxyl groups is 1. The molecular formula is C11H10N4O3. The molecule has 7 heteroatoms. The molecule has 18 heavy (non-hydrogen) atoms. The third kappa shape index (κ3) is 1.52. The molecule has 0 fully saturated rings. The van der Waals surface area contributed by atoms with Crippen molar-refractivity contribution in [3.05, 3.63) is 29.6 Å². The van der Waals surface area contributed by atoms with Gasteiger partial charge in [0.05, 0.1) is 30.1 Å². The van der Waals surface area contributed by atoms with Gasteiger partial charge in [-0.05, 0) is 12.1 Å². The molecule has 0 saturated carbocycles. The van der Waals surface area contributed by atoms with Gasteiger partial charge in [-0.2, -0.15) is 0 Å². The van der Waals surface area contributed by atoms with Gasteiger partial charge in [0.15, 0.2) is 0 Å². The Morgan fingerprint density at radius 1 is 1.44 bits per heavy atom. The van der Waals surface area contributed by atoms with E-state index in [1.165, 1.54) is 16.8 Å². The number of aromatic nitrogens is 3. The summed E-state index contributed by atoms with van der Waals surface area (Å²) in [5, 5.41) is 29.1. The van der Waals surface area contributed by atoms with Crippen LogP contribution in [0, 0.1) is 0 Å². The molecule has 0 saturated heterocycles. The SMILES string of the molecule is O=C1Cc2c(CO)nnn2-c2cc(O)ccc2N1. The quantitative estimate of drug-likeness (QED) is 0.613. The number of hydrogen-bond donors (Lipinski definition) is 3. The average molecular weight is 246 g/mol. The van der Waals surface area contributed by atoms with Gasteiger partial charge in [-0.15, -0.1) is 5.10 Å². The van der Waals surface area contributed by atoms with Crippen molar-refractivity contribution in [3.63, 3.8) is 0 Å². The molecule has 0 spiro atoms. The lowest BCUT2D eigenvalue weighted by Gasteiger charge is -2.07. The van der Waals surface area contributed by atoms with Crippen molar-refractivity contribution in [1.29, 1.82) is 0 Å². The van der Waals surface area contributed by atoms with Gasteiger partial charge in [-0.1, -0.05) is 5.21 Å². The summed E-state index contributed by atoms with van der Waals surface area (Å²) >= 11 is 0. The third-order valence-corrected chi connectivity index (χ3v) is 2.81. The monoisotopic (exact) mass is 246 g/mol. The zero-order valence-corrected chi connectivity index (χ0v) is 9.29. The Balaban J connectivity index is 2.27. The summed E-state index contributed by atoms with van der Waals surface area (Å²) in [5.41, 5.74) is 1.97. The van der Waals surface area contributed by atoms with Crippen LogP contribution >= 0.6 is 0 Å². The fourth-order valence-corrected chi connectivity index (χ4v) is 1.97. The highest BCUT2D eigenvalue weighted by Crippen LogP contribution is 2.28. The van der Waals surface area contributed by atoms with Crippen molar-refractivity contribution in [3.8, 4) is 11.4 Å². The number of phenols is 1. The minimum absolute atomic E-state index is 0.0666. The number of nitrogens with zero attached hydrogens (tertiary/aromatic N) is 3. The number of amides is 1. The van der Waals surface area contributed by atoms with Crippen LogP contribution in [-0.4, -0.2) is 31.1 Å². The summed E-state index contributed by atoms with van der Waals surface area (Å²) in [4.78, 5) is 11.7. The van der Waals surface area contributed by atoms with Crippen molar-refractivity contribution in [2.75, 3.05) is 5.32 Å². The van der Waals surface area contributed by atoms with E-state index in [4.69, 9.17) is 5.11 Å². The summed E-state index contributed by atoms with van der Waals surface area (Å²) in [7, 11) is 0. The number of aromatic hydroxyl groups is 1. The minimum atomic E-state index is -0.281. The van der Waals surface area contributed by atoms with E-state index in [2.05, 4.69) is 15.6 Å². The molecular weight excluding hydrogens is 236 g/mol. The van der Waals surface area contributed by atoms with Crippen molar-refractivity contribution < 1.29 is 15.0 Å². The Morgan fingerprint density at radius 3 is 3.06 bits per heavy atom. The average Bonchev–Trinajstić information content (AvgIpc) is 2.68. The van der Waals surface area contributed by atoms with Crippen molar-refractivity contribution in [1.82, 2.24) is 15.0 Å². The molecule has 1 aliphatic rings. The summed E-state index contributed by atoms with van der Waals surface area (Å²) in [6, 6.07) is 4.56. The highest BCUT2D eigenvalue weighted by Gasteiger charge is 2.23. The zero-order valence-electron chi connectivity index (χ0n) is 9.29. The largest absolute Gasteiger partial charge is 0.508 e. The number of nitrogens with one attached hydrogen (secondary N) is 1. The van der Waals surface area contributed by atoms with Crippen LogP contribution in [-0.2, 0) is 17.8 Å². The molecule has 3 rings (SSSR count). The highest BCUT2D eigenvalue weighted by molar-refractivity contribution is 5.95. The molecule has 2 aromatic rings. The van der Waals surface area contributed by atoms with Gasteiger partial charge in [0.25, 0.3) is 0 Å². The molecule has 92 valence electrons. The maximum absolute atomic E-state index is 11.7. The number of rotatable bonds is 1. The first-order chi connectivity index (χ1) is 8.69. The van der Waals surface area contributed by atoms with Gasteiger partial charge >= 0.3 is 0 Å². The Labute approximate surface area is 102 Å². The van der Waals surface area contributed by atoms with E-state index in [1.54, 1.807) is 6.07 Å². The Morgan fingerprint density at radius 2 is 2.28 bits per heavy atom. The summed E-state index contributed by atoms with van der Waals surface area (Å²) < 4.78 is 1.46. The lowest BCUT2D eigenvalue weighted by Crippen LogP contribution is -2.13. The van der Waals surface area contributed by atoms with Crippen LogP contribution in [0.4, 0.5) is 5.69 Å². The second kappa shape index (κ2) is 3.81. The fraction of sp³-hybridized carbons (Fsp3) is 0.182. The number of phenolic OH excluding ortho intramolecular Hbond substituents is 1.